The van der Waals surface area contributed by atoms with Crippen molar-refractivity contribution in [1.29, 1.82) is 0 Å². The number of carbonyl (C=O) groups is 1. The molecule has 0 spiro atoms. The predicted molar refractivity (Wildman–Crippen MR) is 109 cm³/mol. The average molecular weight is 357 g/mol. The largest absolute Gasteiger partial charge is 0.367 e. The Morgan fingerprint density at radius 3 is 2.19 bits per heavy atom. The lowest BCUT2D eigenvalue weighted by Crippen LogP contribution is -2.42. The van der Waals surface area contributed by atoms with E-state index in [1.54, 1.807) is 6.20 Å². The van der Waals surface area contributed by atoms with Gasteiger partial charge in [-0.1, -0.05) is 48.5 Å². The van der Waals surface area contributed by atoms with Crippen LogP contribution in [0.1, 0.15) is 23.2 Å². The summed E-state index contributed by atoms with van der Waals surface area (Å²) in [6.07, 6.45) is 3.66. The summed E-state index contributed by atoms with van der Waals surface area (Å²) < 4.78 is 0. The van der Waals surface area contributed by atoms with Crippen LogP contribution in [0.3, 0.4) is 0 Å². The Kier molecular flexibility index (Phi) is 5.15. The van der Waals surface area contributed by atoms with Crippen molar-refractivity contribution in [3.63, 3.8) is 0 Å². The Labute approximate surface area is 159 Å². The van der Waals surface area contributed by atoms with Crippen LogP contribution in [0.4, 0.5) is 5.82 Å². The van der Waals surface area contributed by atoms with Crippen molar-refractivity contribution in [2.45, 2.75) is 18.9 Å². The van der Waals surface area contributed by atoms with Crippen molar-refractivity contribution in [1.82, 2.24) is 9.88 Å². The second-order valence-corrected chi connectivity index (χ2v) is 6.87. The van der Waals surface area contributed by atoms with Crippen LogP contribution in [0.15, 0.2) is 79.0 Å². The van der Waals surface area contributed by atoms with Gasteiger partial charge < -0.3 is 10.2 Å². The van der Waals surface area contributed by atoms with Crippen molar-refractivity contribution in [2.75, 3.05) is 18.4 Å². The second-order valence-electron chi connectivity index (χ2n) is 6.87. The fourth-order valence-electron chi connectivity index (χ4n) is 3.50. The van der Waals surface area contributed by atoms with Gasteiger partial charge in [0.1, 0.15) is 5.82 Å². The molecule has 1 aliphatic heterocycles. The molecule has 0 radical (unpaired) electrons. The van der Waals surface area contributed by atoms with Crippen LogP contribution in [-0.4, -0.2) is 34.9 Å². The first-order valence-electron chi connectivity index (χ1n) is 9.42. The smallest absolute Gasteiger partial charge is 0.253 e. The summed E-state index contributed by atoms with van der Waals surface area (Å²) in [4.78, 5) is 19.1. The summed E-state index contributed by atoms with van der Waals surface area (Å²) >= 11 is 0. The van der Waals surface area contributed by atoms with E-state index >= 15 is 0 Å². The zero-order chi connectivity index (χ0) is 18.5. The maximum absolute atomic E-state index is 12.8. The molecule has 2 aromatic carbocycles. The van der Waals surface area contributed by atoms with Crippen LogP contribution < -0.4 is 5.32 Å². The first kappa shape index (κ1) is 17.3. The standard InChI is InChI=1S/C23H23N3O/c27-23(20-11-9-19(10-12-20)18-6-2-1-3-7-18)26-16-13-21(14-17-26)25-22-8-4-5-15-24-22/h1-12,15,21H,13-14,16-17H2,(H,24,25). The molecule has 0 bridgehead atoms. The fourth-order valence-corrected chi connectivity index (χ4v) is 3.50. The number of benzene rings is 2. The number of pyridine rings is 1. The van der Waals surface area contributed by atoms with Crippen LogP contribution in [0.25, 0.3) is 11.1 Å². The van der Waals surface area contributed by atoms with E-state index in [4.69, 9.17) is 0 Å². The Balaban J connectivity index is 1.35. The van der Waals surface area contributed by atoms with Crippen molar-refractivity contribution in [3.8, 4) is 11.1 Å². The summed E-state index contributed by atoms with van der Waals surface area (Å²) in [6, 6.07) is 24.4. The lowest BCUT2D eigenvalue weighted by atomic mass is 10.0. The van der Waals surface area contributed by atoms with Crippen molar-refractivity contribution in [2.24, 2.45) is 0 Å². The van der Waals surface area contributed by atoms with E-state index in [1.807, 2.05) is 65.6 Å². The number of anilines is 1. The zero-order valence-electron chi connectivity index (χ0n) is 15.2. The number of hydrogen-bond donors (Lipinski definition) is 1. The first-order chi connectivity index (χ1) is 13.3. The fraction of sp³-hybridized carbons (Fsp3) is 0.217. The van der Waals surface area contributed by atoms with E-state index in [2.05, 4.69) is 22.4 Å². The summed E-state index contributed by atoms with van der Waals surface area (Å²) in [5, 5.41) is 3.46. The highest BCUT2D eigenvalue weighted by atomic mass is 16.2. The molecule has 0 aliphatic carbocycles. The number of aromatic nitrogens is 1. The third kappa shape index (κ3) is 4.17. The lowest BCUT2D eigenvalue weighted by molar-refractivity contribution is 0.0718. The molecule has 1 amide bonds. The van der Waals surface area contributed by atoms with Gasteiger partial charge in [-0.25, -0.2) is 4.98 Å². The predicted octanol–water partition coefficient (Wildman–Crippen LogP) is 4.47. The van der Waals surface area contributed by atoms with Crippen LogP contribution in [0.2, 0.25) is 0 Å². The number of carbonyl (C=O) groups excluding carboxylic acids is 1. The number of nitrogens with one attached hydrogen (secondary N) is 1. The highest BCUT2D eigenvalue weighted by Gasteiger charge is 2.23. The van der Waals surface area contributed by atoms with Crippen LogP contribution in [-0.2, 0) is 0 Å². The number of likely N-dealkylation sites (tertiary alicyclic amines) is 1. The molecule has 0 atom stereocenters. The second kappa shape index (κ2) is 8.04. The Bertz CT molecular complexity index is 871. The van der Waals surface area contributed by atoms with Crippen LogP contribution in [0, 0.1) is 0 Å². The number of rotatable bonds is 4. The van der Waals surface area contributed by atoms with E-state index in [-0.39, 0.29) is 5.91 Å². The van der Waals surface area contributed by atoms with Crippen LogP contribution >= 0.6 is 0 Å². The third-order valence-electron chi connectivity index (χ3n) is 5.04. The van der Waals surface area contributed by atoms with Gasteiger partial charge in [0.05, 0.1) is 0 Å². The molecule has 136 valence electrons. The van der Waals surface area contributed by atoms with Crippen LogP contribution in [0.5, 0.6) is 0 Å². The van der Waals surface area contributed by atoms with Gasteiger partial charge in [0, 0.05) is 30.9 Å². The Hall–Kier alpha value is -3.14. The Morgan fingerprint density at radius 1 is 0.852 bits per heavy atom. The van der Waals surface area contributed by atoms with E-state index in [9.17, 15) is 4.79 Å². The minimum absolute atomic E-state index is 0.117. The summed E-state index contributed by atoms with van der Waals surface area (Å²) in [7, 11) is 0. The molecule has 4 rings (SSSR count). The maximum Gasteiger partial charge on any atom is 0.253 e. The van der Waals surface area contributed by atoms with E-state index in [1.165, 1.54) is 0 Å². The van der Waals surface area contributed by atoms with Gasteiger partial charge >= 0.3 is 0 Å². The molecule has 1 aliphatic rings. The topological polar surface area (TPSA) is 45.2 Å². The van der Waals surface area contributed by atoms with E-state index in [0.717, 1.165) is 48.4 Å². The Morgan fingerprint density at radius 2 is 1.52 bits per heavy atom. The average Bonchev–Trinajstić information content (AvgIpc) is 2.75. The normalized spacial score (nSPS) is 14.7. The molecule has 4 heteroatoms. The molecule has 1 aromatic heterocycles. The molecule has 1 N–H and O–H groups in total. The molecule has 0 unspecified atom stereocenters. The molecule has 2 heterocycles. The third-order valence-corrected chi connectivity index (χ3v) is 5.04. The molecular weight excluding hydrogens is 334 g/mol. The monoisotopic (exact) mass is 357 g/mol. The van der Waals surface area contributed by atoms with E-state index < -0.39 is 0 Å². The molecule has 1 saturated heterocycles. The molecule has 27 heavy (non-hydrogen) atoms. The van der Waals surface area contributed by atoms with Gasteiger partial charge in [0.15, 0.2) is 0 Å². The number of hydrogen-bond acceptors (Lipinski definition) is 3. The number of nitrogens with zero attached hydrogens (tertiary/aromatic N) is 2. The summed E-state index contributed by atoms with van der Waals surface area (Å²) in [6.45, 7) is 1.54. The highest BCUT2D eigenvalue weighted by molar-refractivity contribution is 5.94. The van der Waals surface area contributed by atoms with Gasteiger partial charge in [0.25, 0.3) is 5.91 Å². The van der Waals surface area contributed by atoms with Crippen molar-refractivity contribution in [3.05, 3.63) is 84.6 Å². The maximum atomic E-state index is 12.8. The SMILES string of the molecule is O=C(c1ccc(-c2ccccc2)cc1)N1CCC(Nc2ccccn2)CC1. The quantitative estimate of drug-likeness (QED) is 0.749. The van der Waals surface area contributed by atoms with E-state index in [0.29, 0.717) is 6.04 Å². The van der Waals surface area contributed by atoms with Gasteiger partial charge in [-0.2, -0.15) is 0 Å². The highest BCUT2D eigenvalue weighted by Crippen LogP contribution is 2.21. The summed E-state index contributed by atoms with van der Waals surface area (Å²) in [5.74, 6) is 1.02. The number of piperidine rings is 1. The molecule has 0 saturated carbocycles. The van der Waals surface area contributed by atoms with Gasteiger partial charge in [-0.05, 0) is 48.2 Å². The molecule has 4 nitrogen and oxygen atoms in total. The molecular formula is C23H23N3O. The van der Waals surface area contributed by atoms with Gasteiger partial charge in [0.2, 0.25) is 0 Å². The minimum atomic E-state index is 0.117. The number of amides is 1. The van der Waals surface area contributed by atoms with Crippen molar-refractivity contribution >= 4 is 11.7 Å². The molecule has 1 fully saturated rings. The summed E-state index contributed by atoms with van der Waals surface area (Å²) in [5.41, 5.74) is 3.05. The minimum Gasteiger partial charge on any atom is -0.367 e. The first-order valence-corrected chi connectivity index (χ1v) is 9.42. The van der Waals surface area contributed by atoms with Crippen molar-refractivity contribution < 1.29 is 4.79 Å². The van der Waals surface area contributed by atoms with Gasteiger partial charge in [-0.15, -0.1) is 0 Å². The zero-order valence-corrected chi connectivity index (χ0v) is 15.2. The molecule has 3 aromatic rings. The lowest BCUT2D eigenvalue weighted by Gasteiger charge is -2.32. The van der Waals surface area contributed by atoms with Gasteiger partial charge in [-0.3, -0.25) is 4.79 Å².